The summed E-state index contributed by atoms with van der Waals surface area (Å²) >= 11 is 1.46. The Bertz CT molecular complexity index is 1070. The number of likely N-dealkylation sites (tertiary alicyclic amines) is 2. The van der Waals surface area contributed by atoms with Gasteiger partial charge in [0.25, 0.3) is 5.91 Å². The number of fused-ring (bicyclic) bond motifs is 1. The molecule has 0 radical (unpaired) electrons. The standard InChI is InChI=1S/C24H26N4O2S/c29-22(26-24-25-19-9-1-2-11-21(19)31-24)20-10-6-14-28(20)23(30)18-8-5-7-17(15-18)16-27-12-3-4-13-27/h1-2,5,7-9,11,15,20H,3-4,6,10,12-14,16H2,(H,25,26,29). The normalized spacial score (nSPS) is 19.2. The average Bonchev–Trinajstić information content (AvgIpc) is 3.53. The van der Waals surface area contributed by atoms with Crippen LogP contribution in [0.5, 0.6) is 0 Å². The van der Waals surface area contributed by atoms with Gasteiger partial charge in [0.2, 0.25) is 5.91 Å². The van der Waals surface area contributed by atoms with Crippen LogP contribution in [0.2, 0.25) is 0 Å². The summed E-state index contributed by atoms with van der Waals surface area (Å²) in [6.45, 7) is 3.73. The molecule has 0 saturated carbocycles. The van der Waals surface area contributed by atoms with Gasteiger partial charge in [-0.3, -0.25) is 14.5 Å². The third-order valence-corrected chi connectivity index (χ3v) is 7.07. The Kier molecular flexibility index (Phi) is 5.70. The molecule has 1 aromatic heterocycles. The average molecular weight is 435 g/mol. The van der Waals surface area contributed by atoms with Crippen molar-refractivity contribution in [3.63, 3.8) is 0 Å². The smallest absolute Gasteiger partial charge is 0.254 e. The van der Waals surface area contributed by atoms with E-state index in [9.17, 15) is 9.59 Å². The van der Waals surface area contributed by atoms with Gasteiger partial charge in [-0.2, -0.15) is 0 Å². The summed E-state index contributed by atoms with van der Waals surface area (Å²) in [6.07, 6.45) is 4.00. The van der Waals surface area contributed by atoms with Crippen molar-refractivity contribution < 1.29 is 9.59 Å². The second kappa shape index (κ2) is 8.77. The molecule has 1 N–H and O–H groups in total. The molecule has 160 valence electrons. The number of carbonyl (C=O) groups excluding carboxylic acids is 2. The number of hydrogen-bond donors (Lipinski definition) is 1. The predicted octanol–water partition coefficient (Wildman–Crippen LogP) is 4.14. The molecule has 5 rings (SSSR count). The van der Waals surface area contributed by atoms with Gasteiger partial charge >= 0.3 is 0 Å². The highest BCUT2D eigenvalue weighted by Crippen LogP contribution is 2.27. The van der Waals surface area contributed by atoms with Crippen molar-refractivity contribution in [1.82, 2.24) is 14.8 Å². The summed E-state index contributed by atoms with van der Waals surface area (Å²) in [5, 5.41) is 3.52. The summed E-state index contributed by atoms with van der Waals surface area (Å²) in [5.41, 5.74) is 2.69. The fraction of sp³-hybridized carbons (Fsp3) is 0.375. The molecule has 6 nitrogen and oxygen atoms in total. The molecule has 2 aromatic carbocycles. The zero-order valence-electron chi connectivity index (χ0n) is 17.4. The van der Waals surface area contributed by atoms with Gasteiger partial charge in [-0.15, -0.1) is 0 Å². The van der Waals surface area contributed by atoms with E-state index < -0.39 is 6.04 Å². The quantitative estimate of drug-likeness (QED) is 0.656. The zero-order valence-corrected chi connectivity index (χ0v) is 18.2. The summed E-state index contributed by atoms with van der Waals surface area (Å²) in [6, 6.07) is 15.2. The minimum atomic E-state index is -0.457. The largest absolute Gasteiger partial charge is 0.327 e. The van der Waals surface area contributed by atoms with Crippen LogP contribution in [0.4, 0.5) is 5.13 Å². The molecule has 0 aliphatic carbocycles. The van der Waals surface area contributed by atoms with Crippen LogP contribution in [0.3, 0.4) is 0 Å². The number of benzene rings is 2. The van der Waals surface area contributed by atoms with Gasteiger partial charge in [0.05, 0.1) is 10.2 Å². The number of rotatable bonds is 5. The lowest BCUT2D eigenvalue weighted by atomic mass is 10.1. The topological polar surface area (TPSA) is 65.5 Å². The fourth-order valence-corrected chi connectivity index (χ4v) is 5.43. The molecule has 2 aliphatic rings. The van der Waals surface area contributed by atoms with Crippen molar-refractivity contribution in [2.45, 2.75) is 38.3 Å². The molecule has 1 atom stereocenters. The minimum Gasteiger partial charge on any atom is -0.327 e. The van der Waals surface area contributed by atoms with Gasteiger partial charge < -0.3 is 10.2 Å². The first-order chi connectivity index (χ1) is 15.2. The number of hydrogen-bond acceptors (Lipinski definition) is 5. The number of thiazole rings is 1. The van der Waals surface area contributed by atoms with Crippen LogP contribution in [0.1, 0.15) is 41.6 Å². The van der Waals surface area contributed by atoms with Crippen molar-refractivity contribution in [3.05, 3.63) is 59.7 Å². The van der Waals surface area contributed by atoms with Crippen molar-refractivity contribution in [2.75, 3.05) is 25.0 Å². The third kappa shape index (κ3) is 4.34. The predicted molar refractivity (Wildman–Crippen MR) is 123 cm³/mol. The van der Waals surface area contributed by atoms with Gasteiger partial charge in [0.1, 0.15) is 6.04 Å². The van der Waals surface area contributed by atoms with E-state index in [1.54, 1.807) is 4.90 Å². The lowest BCUT2D eigenvalue weighted by Gasteiger charge is -2.24. The zero-order chi connectivity index (χ0) is 21.2. The molecule has 0 bridgehead atoms. The fourth-order valence-electron chi connectivity index (χ4n) is 4.56. The van der Waals surface area contributed by atoms with E-state index in [0.717, 1.165) is 41.8 Å². The summed E-state index contributed by atoms with van der Waals surface area (Å²) in [5.74, 6) is -0.219. The van der Waals surface area contributed by atoms with E-state index in [2.05, 4.69) is 21.3 Å². The van der Waals surface area contributed by atoms with Crippen LogP contribution in [-0.2, 0) is 11.3 Å². The molecular formula is C24H26N4O2S. The lowest BCUT2D eigenvalue weighted by molar-refractivity contribution is -0.119. The number of anilines is 1. The van der Waals surface area contributed by atoms with Gasteiger partial charge in [0.15, 0.2) is 5.13 Å². The SMILES string of the molecule is O=C(Nc1nc2ccccc2s1)C1CCCN1C(=O)c1cccc(CN2CCCC2)c1. The number of carbonyl (C=O) groups is 2. The first-order valence-corrected chi connectivity index (χ1v) is 11.8. The van der Waals surface area contributed by atoms with Crippen molar-refractivity contribution in [2.24, 2.45) is 0 Å². The highest BCUT2D eigenvalue weighted by Gasteiger charge is 2.35. The third-order valence-electron chi connectivity index (χ3n) is 6.12. The molecule has 3 heterocycles. The van der Waals surface area contributed by atoms with Crippen molar-refractivity contribution in [1.29, 1.82) is 0 Å². The highest BCUT2D eigenvalue weighted by atomic mass is 32.1. The van der Waals surface area contributed by atoms with E-state index in [1.165, 1.54) is 24.2 Å². The molecule has 2 amide bonds. The molecule has 7 heteroatoms. The first kappa shape index (κ1) is 20.2. The summed E-state index contributed by atoms with van der Waals surface area (Å²) in [4.78, 5) is 34.9. The summed E-state index contributed by atoms with van der Waals surface area (Å²) in [7, 11) is 0. The molecular weight excluding hydrogens is 408 g/mol. The van der Waals surface area contributed by atoms with Crippen LogP contribution in [0.15, 0.2) is 48.5 Å². The Hall–Kier alpha value is -2.77. The molecule has 2 fully saturated rings. The monoisotopic (exact) mass is 434 g/mol. The van der Waals surface area contributed by atoms with Crippen LogP contribution in [0.25, 0.3) is 10.2 Å². The highest BCUT2D eigenvalue weighted by molar-refractivity contribution is 7.22. The van der Waals surface area contributed by atoms with Crippen LogP contribution >= 0.6 is 11.3 Å². The van der Waals surface area contributed by atoms with E-state index in [1.807, 2.05) is 42.5 Å². The Morgan fingerprint density at radius 1 is 1.03 bits per heavy atom. The molecule has 2 aliphatic heterocycles. The Balaban J connectivity index is 1.29. The first-order valence-electron chi connectivity index (χ1n) is 11.0. The van der Waals surface area contributed by atoms with E-state index in [0.29, 0.717) is 23.7 Å². The van der Waals surface area contributed by atoms with E-state index in [-0.39, 0.29) is 11.8 Å². The second-order valence-electron chi connectivity index (χ2n) is 8.32. The van der Waals surface area contributed by atoms with Gasteiger partial charge in [-0.25, -0.2) is 4.98 Å². The molecule has 3 aromatic rings. The summed E-state index contributed by atoms with van der Waals surface area (Å²) < 4.78 is 1.03. The van der Waals surface area contributed by atoms with Crippen molar-refractivity contribution in [3.8, 4) is 0 Å². The van der Waals surface area contributed by atoms with E-state index >= 15 is 0 Å². The molecule has 0 spiro atoms. The Morgan fingerprint density at radius 2 is 1.87 bits per heavy atom. The maximum Gasteiger partial charge on any atom is 0.254 e. The number of aromatic nitrogens is 1. The van der Waals surface area contributed by atoms with Gasteiger partial charge in [0, 0.05) is 18.7 Å². The number of para-hydroxylation sites is 1. The number of nitrogens with one attached hydrogen (secondary N) is 1. The van der Waals surface area contributed by atoms with Gasteiger partial charge in [-0.05, 0) is 68.6 Å². The Labute approximate surface area is 185 Å². The van der Waals surface area contributed by atoms with Crippen molar-refractivity contribution >= 4 is 38.5 Å². The second-order valence-corrected chi connectivity index (χ2v) is 9.35. The van der Waals surface area contributed by atoms with E-state index in [4.69, 9.17) is 0 Å². The van der Waals surface area contributed by atoms with Crippen LogP contribution < -0.4 is 5.32 Å². The number of nitrogens with zero attached hydrogens (tertiary/aromatic N) is 3. The maximum absolute atomic E-state index is 13.3. The molecule has 2 saturated heterocycles. The Morgan fingerprint density at radius 3 is 2.71 bits per heavy atom. The molecule has 1 unspecified atom stereocenters. The molecule has 31 heavy (non-hydrogen) atoms. The van der Waals surface area contributed by atoms with Gasteiger partial charge in [-0.1, -0.05) is 35.6 Å². The maximum atomic E-state index is 13.3. The minimum absolute atomic E-state index is 0.0646. The van der Waals surface area contributed by atoms with Crippen LogP contribution in [0, 0.1) is 0 Å². The lowest BCUT2D eigenvalue weighted by Crippen LogP contribution is -2.43. The van der Waals surface area contributed by atoms with Crippen LogP contribution in [-0.4, -0.2) is 52.3 Å². The number of amides is 2.